The van der Waals surface area contributed by atoms with Gasteiger partial charge in [0.1, 0.15) is 0 Å². The molecule has 26 heavy (non-hydrogen) atoms. The average molecular weight is 394 g/mol. The first-order chi connectivity index (χ1) is 12.7. The van der Waals surface area contributed by atoms with E-state index in [2.05, 4.69) is 54.1 Å². The van der Waals surface area contributed by atoms with E-state index in [9.17, 15) is 0 Å². The van der Waals surface area contributed by atoms with Crippen molar-refractivity contribution in [2.45, 2.75) is 47.0 Å². The van der Waals surface area contributed by atoms with Crippen LogP contribution in [0.1, 0.15) is 32.6 Å². The maximum Gasteiger partial charge on any atom is 0.191 e. The van der Waals surface area contributed by atoms with Crippen molar-refractivity contribution in [3.05, 3.63) is 30.3 Å². The van der Waals surface area contributed by atoms with Gasteiger partial charge in [0.15, 0.2) is 5.96 Å². The summed E-state index contributed by atoms with van der Waals surface area (Å²) in [5.74, 6) is 0.951. The molecule has 2 aliphatic rings. The van der Waals surface area contributed by atoms with Crippen LogP contribution in [0.25, 0.3) is 0 Å². The summed E-state index contributed by atoms with van der Waals surface area (Å²) in [5, 5.41) is 7.02. The molecule has 1 saturated heterocycles. The minimum Gasteiger partial charge on any atom is -0.381 e. The van der Waals surface area contributed by atoms with Crippen LogP contribution in [0, 0.1) is 0 Å². The Morgan fingerprint density at radius 3 is 2.42 bits per heavy atom. The molecule has 0 aromatic heterocycles. The van der Waals surface area contributed by atoms with Crippen molar-refractivity contribution in [2.75, 3.05) is 39.1 Å². The first-order valence-corrected chi connectivity index (χ1v) is 11.6. The molecule has 0 atom stereocenters. The van der Waals surface area contributed by atoms with E-state index in [0.29, 0.717) is 4.75 Å². The Labute approximate surface area is 166 Å². The van der Waals surface area contributed by atoms with Crippen LogP contribution in [0.5, 0.6) is 0 Å². The van der Waals surface area contributed by atoms with E-state index in [4.69, 9.17) is 9.73 Å². The van der Waals surface area contributed by atoms with E-state index < -0.39 is 0 Å². The molecule has 0 bridgehead atoms. The van der Waals surface area contributed by atoms with Crippen molar-refractivity contribution in [1.82, 2.24) is 10.6 Å². The predicted molar refractivity (Wildman–Crippen MR) is 115 cm³/mol. The van der Waals surface area contributed by atoms with Crippen LogP contribution < -0.4 is 10.6 Å². The lowest BCUT2D eigenvalue weighted by Crippen LogP contribution is -2.43. The maximum atomic E-state index is 5.54. The van der Waals surface area contributed by atoms with Gasteiger partial charge in [-0.2, -0.15) is 11.8 Å². The van der Waals surface area contributed by atoms with Crippen molar-refractivity contribution < 1.29 is 4.74 Å². The topological polar surface area (TPSA) is 45.7 Å². The van der Waals surface area contributed by atoms with Crippen molar-refractivity contribution >= 4 is 29.5 Å². The Bertz CT molecular complexity index is 584. The SMILES string of the molecule is CCNC(=NCC1(SC)CCOCC1)NCC1(Sc2ccccc2)CC1. The Morgan fingerprint density at radius 2 is 1.81 bits per heavy atom. The zero-order chi connectivity index (χ0) is 18.3. The van der Waals surface area contributed by atoms with Gasteiger partial charge < -0.3 is 15.4 Å². The van der Waals surface area contributed by atoms with Gasteiger partial charge in [-0.15, -0.1) is 11.8 Å². The molecule has 2 fully saturated rings. The second-order valence-electron chi connectivity index (χ2n) is 7.15. The molecule has 2 N–H and O–H groups in total. The molecule has 1 heterocycles. The lowest BCUT2D eigenvalue weighted by atomic mass is 9.99. The molecule has 0 spiro atoms. The van der Waals surface area contributed by atoms with Crippen LogP contribution >= 0.6 is 23.5 Å². The summed E-state index contributed by atoms with van der Waals surface area (Å²) in [6.45, 7) is 6.55. The van der Waals surface area contributed by atoms with Crippen LogP contribution in [0.2, 0.25) is 0 Å². The van der Waals surface area contributed by atoms with E-state index in [-0.39, 0.29) is 4.75 Å². The highest BCUT2D eigenvalue weighted by Crippen LogP contribution is 2.51. The van der Waals surface area contributed by atoms with E-state index in [0.717, 1.165) is 51.6 Å². The highest BCUT2D eigenvalue weighted by Gasteiger charge is 2.43. The monoisotopic (exact) mass is 393 g/mol. The fourth-order valence-electron chi connectivity index (χ4n) is 3.17. The number of aliphatic imine (C=N–C) groups is 1. The normalized spacial score (nSPS) is 21.2. The van der Waals surface area contributed by atoms with Gasteiger partial charge in [-0.1, -0.05) is 18.2 Å². The lowest BCUT2D eigenvalue weighted by Gasteiger charge is -2.34. The van der Waals surface area contributed by atoms with Crippen molar-refractivity contribution in [1.29, 1.82) is 0 Å². The number of ether oxygens (including phenoxy) is 1. The fraction of sp³-hybridized carbons (Fsp3) is 0.650. The summed E-state index contributed by atoms with van der Waals surface area (Å²) in [4.78, 5) is 6.29. The smallest absolute Gasteiger partial charge is 0.191 e. The van der Waals surface area contributed by atoms with Crippen molar-refractivity contribution in [3.63, 3.8) is 0 Å². The zero-order valence-corrected chi connectivity index (χ0v) is 17.6. The van der Waals surface area contributed by atoms with Crippen LogP contribution in [0.15, 0.2) is 40.2 Å². The van der Waals surface area contributed by atoms with Crippen molar-refractivity contribution in [3.8, 4) is 0 Å². The number of nitrogens with one attached hydrogen (secondary N) is 2. The van der Waals surface area contributed by atoms with Gasteiger partial charge in [0.2, 0.25) is 0 Å². The van der Waals surface area contributed by atoms with Crippen LogP contribution in [-0.4, -0.2) is 54.6 Å². The van der Waals surface area contributed by atoms with Gasteiger partial charge in [0.05, 0.1) is 6.54 Å². The summed E-state index contributed by atoms with van der Waals surface area (Å²) in [7, 11) is 0. The Kier molecular flexibility index (Phi) is 7.18. The van der Waals surface area contributed by atoms with Crippen molar-refractivity contribution in [2.24, 2.45) is 4.99 Å². The number of hydrogen-bond donors (Lipinski definition) is 2. The molecule has 6 heteroatoms. The molecule has 0 unspecified atom stereocenters. The Balaban J connectivity index is 1.56. The molecular weight excluding hydrogens is 362 g/mol. The van der Waals surface area contributed by atoms with Crippen LogP contribution in [0.4, 0.5) is 0 Å². The third kappa shape index (κ3) is 5.57. The molecule has 1 aliphatic heterocycles. The molecule has 1 aromatic rings. The fourth-order valence-corrected chi connectivity index (χ4v) is 5.19. The van der Waals surface area contributed by atoms with Gasteiger partial charge in [0.25, 0.3) is 0 Å². The van der Waals surface area contributed by atoms with Crippen LogP contribution in [-0.2, 0) is 4.74 Å². The van der Waals surface area contributed by atoms with E-state index in [1.165, 1.54) is 17.7 Å². The number of nitrogens with zero attached hydrogens (tertiary/aromatic N) is 1. The molecule has 1 aromatic carbocycles. The molecule has 3 rings (SSSR count). The van der Waals surface area contributed by atoms with Gasteiger partial charge >= 0.3 is 0 Å². The van der Waals surface area contributed by atoms with Gasteiger partial charge in [-0.25, -0.2) is 0 Å². The second-order valence-corrected chi connectivity index (χ2v) is 9.96. The summed E-state index contributed by atoms with van der Waals surface area (Å²) in [5.41, 5.74) is 0. The third-order valence-corrected chi connectivity index (χ3v) is 8.07. The number of benzene rings is 1. The van der Waals surface area contributed by atoms with E-state index in [1.54, 1.807) is 0 Å². The maximum absolute atomic E-state index is 5.54. The highest BCUT2D eigenvalue weighted by molar-refractivity contribution is 8.01. The van der Waals surface area contributed by atoms with Gasteiger partial charge in [-0.05, 0) is 51.0 Å². The van der Waals surface area contributed by atoms with E-state index >= 15 is 0 Å². The number of hydrogen-bond acceptors (Lipinski definition) is 4. The second kappa shape index (κ2) is 9.38. The van der Waals surface area contributed by atoms with Crippen LogP contribution in [0.3, 0.4) is 0 Å². The molecular formula is C20H31N3OS2. The standard InChI is InChI=1S/C20H31N3OS2/c1-3-21-18(22-15-19(25-2)11-13-24-14-12-19)23-16-20(9-10-20)26-17-7-5-4-6-8-17/h4-8H,3,9-16H2,1-2H3,(H2,21,22,23). The molecule has 1 saturated carbocycles. The molecule has 144 valence electrons. The Hall–Kier alpha value is -0.850. The summed E-state index contributed by atoms with van der Waals surface area (Å²) in [6, 6.07) is 10.7. The van der Waals surface area contributed by atoms with Gasteiger partial charge in [0, 0.05) is 40.7 Å². The number of thioether (sulfide) groups is 2. The Morgan fingerprint density at radius 1 is 1.08 bits per heavy atom. The lowest BCUT2D eigenvalue weighted by molar-refractivity contribution is 0.0794. The molecule has 4 nitrogen and oxygen atoms in total. The minimum absolute atomic E-state index is 0.233. The largest absolute Gasteiger partial charge is 0.381 e. The third-order valence-electron chi connectivity index (χ3n) is 5.17. The quantitative estimate of drug-likeness (QED) is 0.520. The first kappa shape index (κ1) is 19.9. The number of guanidine groups is 1. The minimum atomic E-state index is 0.233. The molecule has 1 aliphatic carbocycles. The molecule has 0 radical (unpaired) electrons. The number of rotatable bonds is 8. The average Bonchev–Trinajstić information content (AvgIpc) is 3.45. The predicted octanol–water partition coefficient (Wildman–Crippen LogP) is 3.78. The summed E-state index contributed by atoms with van der Waals surface area (Å²) in [6.07, 6.45) is 6.92. The summed E-state index contributed by atoms with van der Waals surface area (Å²) >= 11 is 3.95. The molecule has 0 amide bonds. The highest BCUT2D eigenvalue weighted by atomic mass is 32.2. The first-order valence-electron chi connectivity index (χ1n) is 9.58. The van der Waals surface area contributed by atoms with E-state index in [1.807, 2.05) is 23.5 Å². The summed E-state index contributed by atoms with van der Waals surface area (Å²) < 4.78 is 6.10. The zero-order valence-electron chi connectivity index (χ0n) is 15.9. The van der Waals surface area contributed by atoms with Gasteiger partial charge in [-0.3, -0.25) is 4.99 Å².